The lowest BCUT2D eigenvalue weighted by Gasteiger charge is -2.15. The Morgan fingerprint density at radius 1 is 1.62 bits per heavy atom. The van der Waals surface area contributed by atoms with E-state index < -0.39 is 5.41 Å². The largest absolute Gasteiger partial charge is 0.457 e. The second kappa shape index (κ2) is 3.60. The lowest BCUT2D eigenvalue weighted by atomic mass is 9.97. The van der Waals surface area contributed by atoms with Crippen molar-refractivity contribution >= 4 is 5.97 Å². The van der Waals surface area contributed by atoms with Gasteiger partial charge in [-0.25, -0.2) is 4.98 Å². The maximum atomic E-state index is 11.3. The number of aromatic amines is 1. The summed E-state index contributed by atoms with van der Waals surface area (Å²) in [5, 5.41) is 0. The summed E-state index contributed by atoms with van der Waals surface area (Å²) >= 11 is 0. The topological polar surface area (TPSA) is 55.0 Å². The van der Waals surface area contributed by atoms with Crippen molar-refractivity contribution in [2.24, 2.45) is 5.41 Å². The van der Waals surface area contributed by atoms with E-state index in [4.69, 9.17) is 4.74 Å². The van der Waals surface area contributed by atoms with Crippen LogP contribution in [-0.2, 0) is 16.1 Å². The average molecular weight is 182 g/mol. The number of hydrogen-bond acceptors (Lipinski definition) is 3. The number of esters is 1. The van der Waals surface area contributed by atoms with Gasteiger partial charge in [0.1, 0.15) is 12.4 Å². The third-order valence-corrected chi connectivity index (χ3v) is 1.51. The zero-order valence-corrected chi connectivity index (χ0v) is 8.13. The summed E-state index contributed by atoms with van der Waals surface area (Å²) in [4.78, 5) is 18.1. The van der Waals surface area contributed by atoms with Gasteiger partial charge in [0.15, 0.2) is 0 Å². The average Bonchev–Trinajstić information content (AvgIpc) is 2.50. The van der Waals surface area contributed by atoms with Gasteiger partial charge in [-0.1, -0.05) is 0 Å². The van der Waals surface area contributed by atoms with Crippen molar-refractivity contribution in [3.8, 4) is 0 Å². The zero-order valence-electron chi connectivity index (χ0n) is 8.13. The molecule has 0 spiro atoms. The normalized spacial score (nSPS) is 11.3. The van der Waals surface area contributed by atoms with E-state index >= 15 is 0 Å². The van der Waals surface area contributed by atoms with Gasteiger partial charge in [-0.3, -0.25) is 4.79 Å². The van der Waals surface area contributed by atoms with E-state index in [2.05, 4.69) is 9.97 Å². The molecule has 72 valence electrons. The zero-order chi connectivity index (χ0) is 9.90. The third-order valence-electron chi connectivity index (χ3n) is 1.51. The van der Waals surface area contributed by atoms with E-state index in [1.807, 2.05) is 20.8 Å². The van der Waals surface area contributed by atoms with Crippen molar-refractivity contribution in [3.63, 3.8) is 0 Å². The number of imidazole rings is 1. The van der Waals surface area contributed by atoms with Gasteiger partial charge >= 0.3 is 5.97 Å². The van der Waals surface area contributed by atoms with Crippen LogP contribution in [0.1, 0.15) is 26.6 Å². The van der Waals surface area contributed by atoms with Crippen LogP contribution < -0.4 is 0 Å². The van der Waals surface area contributed by atoms with Crippen molar-refractivity contribution < 1.29 is 9.53 Å². The Hall–Kier alpha value is -1.32. The van der Waals surface area contributed by atoms with E-state index in [0.29, 0.717) is 5.82 Å². The summed E-state index contributed by atoms with van der Waals surface area (Å²) in [7, 11) is 0. The number of nitrogens with zero attached hydrogens (tertiary/aromatic N) is 1. The van der Waals surface area contributed by atoms with Gasteiger partial charge in [-0.15, -0.1) is 0 Å². The Morgan fingerprint density at radius 2 is 2.31 bits per heavy atom. The van der Waals surface area contributed by atoms with E-state index in [-0.39, 0.29) is 12.6 Å². The van der Waals surface area contributed by atoms with Gasteiger partial charge < -0.3 is 9.72 Å². The van der Waals surface area contributed by atoms with Gasteiger partial charge in [0, 0.05) is 12.4 Å². The molecular weight excluding hydrogens is 168 g/mol. The Balaban J connectivity index is 2.40. The second-order valence-electron chi connectivity index (χ2n) is 3.86. The van der Waals surface area contributed by atoms with Gasteiger partial charge in [0.25, 0.3) is 0 Å². The molecule has 0 amide bonds. The molecule has 0 radical (unpaired) electrons. The molecule has 0 fully saturated rings. The van der Waals surface area contributed by atoms with E-state index in [9.17, 15) is 4.79 Å². The predicted molar refractivity (Wildman–Crippen MR) is 47.8 cm³/mol. The number of aromatic nitrogens is 2. The van der Waals surface area contributed by atoms with Crippen molar-refractivity contribution in [2.75, 3.05) is 0 Å². The van der Waals surface area contributed by atoms with Crippen LogP contribution >= 0.6 is 0 Å². The molecule has 0 aromatic carbocycles. The number of carbonyl (C=O) groups is 1. The van der Waals surface area contributed by atoms with Gasteiger partial charge in [0.2, 0.25) is 0 Å². The molecule has 0 atom stereocenters. The minimum atomic E-state index is -0.452. The first-order chi connectivity index (χ1) is 6.00. The van der Waals surface area contributed by atoms with Crippen LogP contribution in [0.3, 0.4) is 0 Å². The first kappa shape index (κ1) is 9.77. The fraction of sp³-hybridized carbons (Fsp3) is 0.556. The summed E-state index contributed by atoms with van der Waals surface area (Å²) in [6.45, 7) is 5.66. The summed E-state index contributed by atoms with van der Waals surface area (Å²) < 4.78 is 5.02. The highest BCUT2D eigenvalue weighted by Gasteiger charge is 2.22. The highest BCUT2D eigenvalue weighted by atomic mass is 16.5. The molecule has 1 N–H and O–H groups in total. The quantitative estimate of drug-likeness (QED) is 0.705. The van der Waals surface area contributed by atoms with E-state index in [1.165, 1.54) is 0 Å². The highest BCUT2D eigenvalue weighted by Crippen LogP contribution is 2.15. The molecule has 0 saturated carbocycles. The fourth-order valence-corrected chi connectivity index (χ4v) is 0.727. The lowest BCUT2D eigenvalue weighted by Crippen LogP contribution is -2.22. The summed E-state index contributed by atoms with van der Waals surface area (Å²) in [5.41, 5.74) is -0.452. The molecule has 1 aromatic rings. The minimum Gasteiger partial charge on any atom is -0.457 e. The molecule has 0 aliphatic heterocycles. The van der Waals surface area contributed by atoms with E-state index in [0.717, 1.165) is 0 Å². The number of rotatable bonds is 2. The summed E-state index contributed by atoms with van der Waals surface area (Å²) in [6, 6.07) is 0. The third kappa shape index (κ3) is 2.89. The monoisotopic (exact) mass is 182 g/mol. The van der Waals surface area contributed by atoms with Crippen molar-refractivity contribution in [1.82, 2.24) is 9.97 Å². The van der Waals surface area contributed by atoms with Crippen LogP contribution in [0.5, 0.6) is 0 Å². The molecule has 1 aromatic heterocycles. The van der Waals surface area contributed by atoms with Gasteiger partial charge in [-0.05, 0) is 20.8 Å². The molecule has 4 heteroatoms. The lowest BCUT2D eigenvalue weighted by molar-refractivity contribution is -0.154. The predicted octanol–water partition coefficient (Wildman–Crippen LogP) is 1.50. The highest BCUT2D eigenvalue weighted by molar-refractivity contribution is 5.75. The molecule has 4 nitrogen and oxygen atoms in total. The molecule has 1 heterocycles. The van der Waals surface area contributed by atoms with Crippen molar-refractivity contribution in [1.29, 1.82) is 0 Å². The second-order valence-corrected chi connectivity index (χ2v) is 3.86. The molecular formula is C9H14N2O2. The fourth-order valence-electron chi connectivity index (χ4n) is 0.727. The van der Waals surface area contributed by atoms with Crippen LogP contribution in [0.15, 0.2) is 12.4 Å². The Bertz CT molecular complexity index is 272. The summed E-state index contributed by atoms with van der Waals surface area (Å²) in [5.74, 6) is 0.446. The molecule has 0 aliphatic carbocycles. The molecule has 0 saturated heterocycles. The molecule has 13 heavy (non-hydrogen) atoms. The first-order valence-electron chi connectivity index (χ1n) is 4.15. The van der Waals surface area contributed by atoms with E-state index in [1.54, 1.807) is 12.4 Å². The first-order valence-corrected chi connectivity index (χ1v) is 4.15. The SMILES string of the molecule is CC(C)(C)C(=O)OCc1ncc[nH]1. The number of H-pyrrole nitrogens is 1. The smallest absolute Gasteiger partial charge is 0.311 e. The number of ether oxygens (including phenoxy) is 1. The van der Waals surface area contributed by atoms with Gasteiger partial charge in [0.05, 0.1) is 5.41 Å². The molecule has 0 unspecified atom stereocenters. The Kier molecular flexibility index (Phi) is 2.70. The van der Waals surface area contributed by atoms with Crippen LogP contribution in [0, 0.1) is 5.41 Å². The summed E-state index contributed by atoms with van der Waals surface area (Å²) in [6.07, 6.45) is 3.32. The maximum Gasteiger partial charge on any atom is 0.311 e. The van der Waals surface area contributed by atoms with Crippen LogP contribution in [0.25, 0.3) is 0 Å². The number of carbonyl (C=O) groups excluding carboxylic acids is 1. The maximum absolute atomic E-state index is 11.3. The number of nitrogens with one attached hydrogen (secondary N) is 1. The number of hydrogen-bond donors (Lipinski definition) is 1. The molecule has 1 rings (SSSR count). The minimum absolute atomic E-state index is 0.211. The molecule has 0 aliphatic rings. The molecule has 0 bridgehead atoms. The Morgan fingerprint density at radius 3 is 2.77 bits per heavy atom. The van der Waals surface area contributed by atoms with Gasteiger partial charge in [-0.2, -0.15) is 0 Å². The standard InChI is InChI=1S/C9H14N2O2/c1-9(2,3)8(12)13-6-7-10-4-5-11-7/h4-5H,6H2,1-3H3,(H,10,11). The van der Waals surface area contributed by atoms with Crippen molar-refractivity contribution in [3.05, 3.63) is 18.2 Å². The van der Waals surface area contributed by atoms with Crippen molar-refractivity contribution in [2.45, 2.75) is 27.4 Å². The van der Waals surface area contributed by atoms with Crippen LogP contribution in [-0.4, -0.2) is 15.9 Å². The van der Waals surface area contributed by atoms with Crippen LogP contribution in [0.4, 0.5) is 0 Å². The van der Waals surface area contributed by atoms with Crippen LogP contribution in [0.2, 0.25) is 0 Å². The Labute approximate surface area is 77.3 Å².